The second-order valence-electron chi connectivity index (χ2n) is 5.12. The molecule has 0 radical (unpaired) electrons. The standard InChI is InChI=1S/C13H28N2/c1-4-5-11-15(14-12(2)3)13-9-7-6-8-10-13/h12-14H,4-11H2,1-3H3. The summed E-state index contributed by atoms with van der Waals surface area (Å²) < 4.78 is 0. The van der Waals surface area contributed by atoms with Crippen LogP contribution in [0.15, 0.2) is 0 Å². The van der Waals surface area contributed by atoms with Gasteiger partial charge in [-0.15, -0.1) is 0 Å². The van der Waals surface area contributed by atoms with Crippen LogP contribution < -0.4 is 5.43 Å². The van der Waals surface area contributed by atoms with Gasteiger partial charge in [-0.05, 0) is 33.1 Å². The molecule has 1 N–H and O–H groups in total. The smallest absolute Gasteiger partial charge is 0.0243 e. The highest BCUT2D eigenvalue weighted by Gasteiger charge is 2.20. The molecular formula is C13H28N2. The second kappa shape index (κ2) is 7.24. The zero-order valence-electron chi connectivity index (χ0n) is 10.8. The van der Waals surface area contributed by atoms with Crippen molar-refractivity contribution in [2.75, 3.05) is 6.54 Å². The Morgan fingerprint density at radius 1 is 1.20 bits per heavy atom. The lowest BCUT2D eigenvalue weighted by Crippen LogP contribution is -2.49. The van der Waals surface area contributed by atoms with Gasteiger partial charge in [0.25, 0.3) is 0 Å². The molecule has 0 aromatic rings. The van der Waals surface area contributed by atoms with Gasteiger partial charge in [0.05, 0.1) is 0 Å². The molecule has 2 heteroatoms. The summed E-state index contributed by atoms with van der Waals surface area (Å²) in [6, 6.07) is 1.37. The highest BCUT2D eigenvalue weighted by Crippen LogP contribution is 2.21. The molecular weight excluding hydrogens is 184 g/mol. The predicted octanol–water partition coefficient (Wildman–Crippen LogP) is 3.33. The third-order valence-corrected chi connectivity index (χ3v) is 3.19. The van der Waals surface area contributed by atoms with Crippen LogP contribution in [-0.4, -0.2) is 23.6 Å². The number of unbranched alkanes of at least 4 members (excludes halogenated alkanes) is 1. The molecule has 15 heavy (non-hydrogen) atoms. The molecule has 0 spiro atoms. The van der Waals surface area contributed by atoms with Crippen molar-refractivity contribution in [3.05, 3.63) is 0 Å². The summed E-state index contributed by atoms with van der Waals surface area (Å²) in [5.41, 5.74) is 3.62. The van der Waals surface area contributed by atoms with Crippen LogP contribution >= 0.6 is 0 Å². The number of hydrogen-bond donors (Lipinski definition) is 1. The first kappa shape index (κ1) is 13.0. The zero-order chi connectivity index (χ0) is 11.1. The van der Waals surface area contributed by atoms with E-state index in [-0.39, 0.29) is 0 Å². The average molecular weight is 212 g/mol. The Morgan fingerprint density at radius 2 is 1.87 bits per heavy atom. The van der Waals surface area contributed by atoms with Crippen LogP contribution in [0.1, 0.15) is 65.7 Å². The summed E-state index contributed by atoms with van der Waals surface area (Å²) >= 11 is 0. The van der Waals surface area contributed by atoms with Gasteiger partial charge >= 0.3 is 0 Å². The molecule has 1 saturated carbocycles. The van der Waals surface area contributed by atoms with Crippen LogP contribution in [0.5, 0.6) is 0 Å². The van der Waals surface area contributed by atoms with E-state index in [1.165, 1.54) is 51.5 Å². The van der Waals surface area contributed by atoms with Gasteiger partial charge in [0, 0.05) is 18.6 Å². The van der Waals surface area contributed by atoms with Crippen LogP contribution in [0.4, 0.5) is 0 Å². The highest BCUT2D eigenvalue weighted by atomic mass is 15.5. The van der Waals surface area contributed by atoms with Crippen molar-refractivity contribution >= 4 is 0 Å². The molecule has 0 saturated heterocycles. The van der Waals surface area contributed by atoms with Crippen molar-refractivity contribution < 1.29 is 0 Å². The van der Waals surface area contributed by atoms with Gasteiger partial charge in [0.2, 0.25) is 0 Å². The predicted molar refractivity (Wildman–Crippen MR) is 66.8 cm³/mol. The highest BCUT2D eigenvalue weighted by molar-refractivity contribution is 4.74. The summed E-state index contributed by atoms with van der Waals surface area (Å²) in [5, 5.41) is 2.52. The summed E-state index contributed by atoms with van der Waals surface area (Å²) in [4.78, 5) is 0. The quantitative estimate of drug-likeness (QED) is 0.679. The van der Waals surface area contributed by atoms with Crippen molar-refractivity contribution in [3.8, 4) is 0 Å². The molecule has 0 aromatic carbocycles. The van der Waals surface area contributed by atoms with Crippen molar-refractivity contribution in [2.24, 2.45) is 0 Å². The third kappa shape index (κ3) is 4.98. The summed E-state index contributed by atoms with van der Waals surface area (Å²) in [6.45, 7) is 7.97. The van der Waals surface area contributed by atoms with Crippen molar-refractivity contribution in [1.82, 2.24) is 10.4 Å². The molecule has 1 aliphatic rings. The van der Waals surface area contributed by atoms with E-state index in [9.17, 15) is 0 Å². The number of nitrogens with one attached hydrogen (secondary N) is 1. The van der Waals surface area contributed by atoms with Crippen LogP contribution in [-0.2, 0) is 0 Å². The van der Waals surface area contributed by atoms with E-state index in [4.69, 9.17) is 0 Å². The molecule has 1 rings (SSSR count). The first-order chi connectivity index (χ1) is 7.24. The van der Waals surface area contributed by atoms with E-state index in [0.29, 0.717) is 6.04 Å². The van der Waals surface area contributed by atoms with Gasteiger partial charge in [-0.3, -0.25) is 5.43 Å². The molecule has 0 heterocycles. The van der Waals surface area contributed by atoms with Crippen molar-refractivity contribution in [1.29, 1.82) is 0 Å². The number of nitrogens with zero attached hydrogens (tertiary/aromatic N) is 1. The van der Waals surface area contributed by atoms with E-state index in [0.717, 1.165) is 6.04 Å². The van der Waals surface area contributed by atoms with E-state index < -0.39 is 0 Å². The molecule has 0 bridgehead atoms. The molecule has 0 aromatic heterocycles. The Hall–Kier alpha value is -0.0800. The van der Waals surface area contributed by atoms with Gasteiger partial charge in [0.15, 0.2) is 0 Å². The lowest BCUT2D eigenvalue weighted by molar-refractivity contribution is 0.0802. The number of hydrogen-bond acceptors (Lipinski definition) is 2. The van der Waals surface area contributed by atoms with Crippen molar-refractivity contribution in [3.63, 3.8) is 0 Å². The van der Waals surface area contributed by atoms with Crippen LogP contribution in [0, 0.1) is 0 Å². The number of hydrazine groups is 1. The Labute approximate surface area is 95.4 Å². The second-order valence-corrected chi connectivity index (χ2v) is 5.12. The molecule has 90 valence electrons. The average Bonchev–Trinajstić information content (AvgIpc) is 2.25. The topological polar surface area (TPSA) is 15.3 Å². The summed E-state index contributed by atoms with van der Waals surface area (Å²) in [6.07, 6.45) is 9.69. The monoisotopic (exact) mass is 212 g/mol. The van der Waals surface area contributed by atoms with Gasteiger partial charge in [-0.25, -0.2) is 5.01 Å². The minimum atomic E-state index is 0.573. The molecule has 0 atom stereocenters. The fourth-order valence-electron chi connectivity index (χ4n) is 2.41. The fourth-order valence-corrected chi connectivity index (χ4v) is 2.41. The molecule has 0 aliphatic heterocycles. The normalized spacial score (nSPS) is 19.0. The molecule has 1 aliphatic carbocycles. The lowest BCUT2D eigenvalue weighted by atomic mass is 9.95. The van der Waals surface area contributed by atoms with Gasteiger partial charge in [-0.2, -0.15) is 0 Å². The minimum Gasteiger partial charge on any atom is -0.252 e. The molecule has 2 nitrogen and oxygen atoms in total. The molecule has 0 amide bonds. The minimum absolute atomic E-state index is 0.573. The van der Waals surface area contributed by atoms with E-state index in [2.05, 4.69) is 31.2 Å². The zero-order valence-corrected chi connectivity index (χ0v) is 10.8. The van der Waals surface area contributed by atoms with Gasteiger partial charge in [-0.1, -0.05) is 32.6 Å². The Morgan fingerprint density at radius 3 is 2.40 bits per heavy atom. The van der Waals surface area contributed by atoms with Crippen LogP contribution in [0.2, 0.25) is 0 Å². The third-order valence-electron chi connectivity index (χ3n) is 3.19. The largest absolute Gasteiger partial charge is 0.252 e. The van der Waals surface area contributed by atoms with Crippen LogP contribution in [0.25, 0.3) is 0 Å². The van der Waals surface area contributed by atoms with Crippen LogP contribution in [0.3, 0.4) is 0 Å². The van der Waals surface area contributed by atoms with Crippen molar-refractivity contribution in [2.45, 2.75) is 77.8 Å². The summed E-state index contributed by atoms with van der Waals surface area (Å²) in [7, 11) is 0. The number of rotatable bonds is 6. The van der Waals surface area contributed by atoms with E-state index in [1.54, 1.807) is 0 Å². The first-order valence-electron chi connectivity index (χ1n) is 6.77. The fraction of sp³-hybridized carbons (Fsp3) is 1.00. The summed E-state index contributed by atoms with van der Waals surface area (Å²) in [5.74, 6) is 0. The first-order valence-corrected chi connectivity index (χ1v) is 6.77. The van der Waals surface area contributed by atoms with E-state index in [1.807, 2.05) is 0 Å². The Balaban J connectivity index is 2.37. The van der Waals surface area contributed by atoms with Gasteiger partial charge < -0.3 is 0 Å². The lowest BCUT2D eigenvalue weighted by Gasteiger charge is -2.36. The van der Waals surface area contributed by atoms with E-state index >= 15 is 0 Å². The van der Waals surface area contributed by atoms with Gasteiger partial charge in [0.1, 0.15) is 0 Å². The maximum atomic E-state index is 3.62. The molecule has 1 fully saturated rings. The molecule has 0 unspecified atom stereocenters. The maximum absolute atomic E-state index is 3.62. The Kier molecular flexibility index (Phi) is 6.26. The SMILES string of the molecule is CCCCN(NC(C)C)C1CCCCC1. The maximum Gasteiger partial charge on any atom is 0.0243 e. The Bertz CT molecular complexity index is 151.